The van der Waals surface area contributed by atoms with Crippen LogP contribution in [-0.4, -0.2) is 13.2 Å². The molecule has 0 fully saturated rings. The maximum absolute atomic E-state index is 6.24. The first kappa shape index (κ1) is 15.7. The summed E-state index contributed by atoms with van der Waals surface area (Å²) in [5.41, 5.74) is 7.19. The van der Waals surface area contributed by atoms with E-state index in [2.05, 4.69) is 0 Å². The van der Waals surface area contributed by atoms with Crippen LogP contribution in [0.3, 0.4) is 0 Å². The number of hydrogen-bond acceptors (Lipinski definition) is 3. The second-order valence-electron chi connectivity index (χ2n) is 4.81. The molecule has 2 rings (SSSR count). The number of methoxy groups -OCH3 is 1. The Bertz CT molecular complexity index is 571. The molecule has 4 heteroatoms. The van der Waals surface area contributed by atoms with E-state index in [1.807, 2.05) is 43.3 Å². The monoisotopic (exact) mass is 305 g/mol. The van der Waals surface area contributed by atoms with E-state index in [1.165, 1.54) is 0 Å². The minimum Gasteiger partial charge on any atom is -0.496 e. The normalized spacial score (nSPS) is 13.5. The van der Waals surface area contributed by atoms with Crippen LogP contribution < -0.4 is 15.2 Å². The largest absolute Gasteiger partial charge is 0.496 e. The lowest BCUT2D eigenvalue weighted by Gasteiger charge is -2.26. The summed E-state index contributed by atoms with van der Waals surface area (Å²) >= 11 is 5.90. The van der Waals surface area contributed by atoms with E-state index in [4.69, 9.17) is 26.8 Å². The SMILES string of the molecule is CCC(N)C(Oc1ccc(Cl)cc1)c1ccccc1OC. The lowest BCUT2D eigenvalue weighted by molar-refractivity contribution is 0.167. The predicted octanol–water partition coefficient (Wildman–Crippen LogP) is 4.21. The molecule has 0 saturated carbocycles. The molecule has 0 spiro atoms. The summed E-state index contributed by atoms with van der Waals surface area (Å²) in [6.45, 7) is 2.04. The van der Waals surface area contributed by atoms with Gasteiger partial charge in [0, 0.05) is 16.6 Å². The van der Waals surface area contributed by atoms with Gasteiger partial charge < -0.3 is 15.2 Å². The zero-order chi connectivity index (χ0) is 15.2. The Morgan fingerprint density at radius 2 is 1.76 bits per heavy atom. The smallest absolute Gasteiger partial charge is 0.142 e. The molecule has 2 unspecified atom stereocenters. The van der Waals surface area contributed by atoms with E-state index in [1.54, 1.807) is 19.2 Å². The average Bonchev–Trinajstić information content (AvgIpc) is 2.53. The van der Waals surface area contributed by atoms with Gasteiger partial charge in [0.15, 0.2) is 0 Å². The molecule has 0 aliphatic rings. The molecule has 0 amide bonds. The van der Waals surface area contributed by atoms with Crippen LogP contribution in [0.2, 0.25) is 5.02 Å². The molecule has 2 aromatic carbocycles. The van der Waals surface area contributed by atoms with Crippen molar-refractivity contribution in [1.29, 1.82) is 0 Å². The van der Waals surface area contributed by atoms with Gasteiger partial charge in [-0.05, 0) is 36.8 Å². The van der Waals surface area contributed by atoms with Crippen LogP contribution >= 0.6 is 11.6 Å². The third-order valence-electron chi connectivity index (χ3n) is 3.38. The average molecular weight is 306 g/mol. The molecule has 0 heterocycles. The highest BCUT2D eigenvalue weighted by molar-refractivity contribution is 6.30. The summed E-state index contributed by atoms with van der Waals surface area (Å²) in [6, 6.07) is 14.9. The van der Waals surface area contributed by atoms with Crippen molar-refractivity contribution >= 4 is 11.6 Å². The minimum absolute atomic E-state index is 0.128. The molecule has 2 N–H and O–H groups in total. The highest BCUT2D eigenvalue weighted by atomic mass is 35.5. The molecular weight excluding hydrogens is 286 g/mol. The summed E-state index contributed by atoms with van der Waals surface area (Å²) in [4.78, 5) is 0. The topological polar surface area (TPSA) is 44.5 Å². The highest BCUT2D eigenvalue weighted by Crippen LogP contribution is 2.32. The zero-order valence-corrected chi connectivity index (χ0v) is 13.0. The fourth-order valence-electron chi connectivity index (χ4n) is 2.16. The number of nitrogens with two attached hydrogens (primary N) is 1. The van der Waals surface area contributed by atoms with Gasteiger partial charge in [0.25, 0.3) is 0 Å². The molecule has 0 aliphatic heterocycles. The van der Waals surface area contributed by atoms with Gasteiger partial charge in [-0.3, -0.25) is 0 Å². The van der Waals surface area contributed by atoms with Crippen molar-refractivity contribution in [2.24, 2.45) is 5.73 Å². The Kier molecular flexibility index (Phi) is 5.48. The maximum Gasteiger partial charge on any atom is 0.142 e. The Morgan fingerprint density at radius 1 is 1.10 bits per heavy atom. The molecule has 0 bridgehead atoms. The highest BCUT2D eigenvalue weighted by Gasteiger charge is 2.23. The fourth-order valence-corrected chi connectivity index (χ4v) is 2.28. The Hall–Kier alpha value is -1.71. The summed E-state index contributed by atoms with van der Waals surface area (Å²) in [6.07, 6.45) is 0.531. The second kappa shape index (κ2) is 7.34. The van der Waals surface area contributed by atoms with Crippen LogP contribution in [0.1, 0.15) is 25.0 Å². The molecule has 0 saturated heterocycles. The lowest BCUT2D eigenvalue weighted by Crippen LogP contribution is -2.31. The van der Waals surface area contributed by atoms with Gasteiger partial charge in [-0.1, -0.05) is 36.7 Å². The van der Waals surface area contributed by atoms with Crippen LogP contribution in [0.15, 0.2) is 48.5 Å². The number of rotatable bonds is 6. The van der Waals surface area contributed by atoms with Crippen molar-refractivity contribution in [3.05, 3.63) is 59.1 Å². The molecule has 21 heavy (non-hydrogen) atoms. The molecule has 0 aromatic heterocycles. The minimum atomic E-state index is -0.271. The molecule has 2 atom stereocenters. The van der Waals surface area contributed by atoms with Crippen molar-refractivity contribution in [1.82, 2.24) is 0 Å². The summed E-state index contributed by atoms with van der Waals surface area (Å²) in [5, 5.41) is 0.677. The standard InChI is InChI=1S/C17H20ClNO2/c1-3-15(19)17(14-6-4-5-7-16(14)20-2)21-13-10-8-12(18)9-11-13/h4-11,15,17H,3,19H2,1-2H3. The first-order valence-electron chi connectivity index (χ1n) is 6.96. The van der Waals surface area contributed by atoms with Gasteiger partial charge in [0.1, 0.15) is 17.6 Å². The third-order valence-corrected chi connectivity index (χ3v) is 3.63. The van der Waals surface area contributed by atoms with Crippen LogP contribution in [0.5, 0.6) is 11.5 Å². The molecule has 0 radical (unpaired) electrons. The van der Waals surface area contributed by atoms with E-state index in [-0.39, 0.29) is 12.1 Å². The third kappa shape index (κ3) is 3.90. The summed E-state index contributed by atoms with van der Waals surface area (Å²) < 4.78 is 11.5. The van der Waals surface area contributed by atoms with E-state index >= 15 is 0 Å². The van der Waals surface area contributed by atoms with Gasteiger partial charge in [-0.2, -0.15) is 0 Å². The zero-order valence-electron chi connectivity index (χ0n) is 12.3. The molecule has 2 aromatic rings. The molecule has 112 valence electrons. The number of benzene rings is 2. The summed E-state index contributed by atoms with van der Waals surface area (Å²) in [5.74, 6) is 1.51. The Balaban J connectivity index is 2.32. The number of halogens is 1. The van der Waals surface area contributed by atoms with E-state index in [0.717, 1.165) is 23.5 Å². The van der Waals surface area contributed by atoms with Crippen molar-refractivity contribution < 1.29 is 9.47 Å². The van der Waals surface area contributed by atoms with Gasteiger partial charge in [-0.15, -0.1) is 0 Å². The predicted molar refractivity (Wildman–Crippen MR) is 86.1 cm³/mol. The van der Waals surface area contributed by atoms with Crippen LogP contribution in [0.4, 0.5) is 0 Å². The van der Waals surface area contributed by atoms with Gasteiger partial charge in [0.05, 0.1) is 7.11 Å². The Morgan fingerprint density at radius 3 is 2.38 bits per heavy atom. The van der Waals surface area contributed by atoms with E-state index < -0.39 is 0 Å². The lowest BCUT2D eigenvalue weighted by atomic mass is 10.00. The van der Waals surface area contributed by atoms with Crippen LogP contribution in [0.25, 0.3) is 0 Å². The van der Waals surface area contributed by atoms with Crippen molar-refractivity contribution in [3.8, 4) is 11.5 Å². The van der Waals surface area contributed by atoms with Crippen molar-refractivity contribution in [2.75, 3.05) is 7.11 Å². The Labute approximate surface area is 130 Å². The molecule has 3 nitrogen and oxygen atoms in total. The number of para-hydroxylation sites is 1. The van der Waals surface area contributed by atoms with Crippen molar-refractivity contribution in [3.63, 3.8) is 0 Å². The maximum atomic E-state index is 6.24. The van der Waals surface area contributed by atoms with Gasteiger partial charge >= 0.3 is 0 Å². The summed E-state index contributed by atoms with van der Waals surface area (Å²) in [7, 11) is 1.65. The number of hydrogen-bond donors (Lipinski definition) is 1. The van der Waals surface area contributed by atoms with Gasteiger partial charge in [0.2, 0.25) is 0 Å². The van der Waals surface area contributed by atoms with Crippen LogP contribution in [0, 0.1) is 0 Å². The fraction of sp³-hybridized carbons (Fsp3) is 0.294. The molecular formula is C17H20ClNO2. The second-order valence-corrected chi connectivity index (χ2v) is 5.24. The molecule has 0 aliphatic carbocycles. The quantitative estimate of drug-likeness (QED) is 0.869. The van der Waals surface area contributed by atoms with Crippen molar-refractivity contribution in [2.45, 2.75) is 25.5 Å². The van der Waals surface area contributed by atoms with Crippen LogP contribution in [-0.2, 0) is 0 Å². The van der Waals surface area contributed by atoms with Gasteiger partial charge in [-0.25, -0.2) is 0 Å². The van der Waals surface area contributed by atoms with E-state index in [9.17, 15) is 0 Å². The first-order valence-corrected chi connectivity index (χ1v) is 7.34. The first-order chi connectivity index (χ1) is 10.2. The van der Waals surface area contributed by atoms with E-state index in [0.29, 0.717) is 5.02 Å². The number of ether oxygens (including phenoxy) is 2.